The number of aromatic nitrogens is 1. The number of anilines is 1. The molecule has 1 aromatic heterocycles. The molecular weight excluding hydrogens is 224 g/mol. The van der Waals surface area contributed by atoms with E-state index in [1.165, 1.54) is 0 Å². The van der Waals surface area contributed by atoms with Gasteiger partial charge in [-0.1, -0.05) is 26.5 Å². The van der Waals surface area contributed by atoms with Gasteiger partial charge in [0.25, 0.3) is 0 Å². The fraction of sp³-hybridized carbons (Fsp3) is 0.267. The van der Waals surface area contributed by atoms with Gasteiger partial charge in [-0.2, -0.15) is 0 Å². The van der Waals surface area contributed by atoms with Gasteiger partial charge in [0.05, 0.1) is 18.1 Å². The molecule has 0 atom stereocenters. The zero-order chi connectivity index (χ0) is 14.0. The first kappa shape index (κ1) is 16.0. The van der Waals surface area contributed by atoms with Crippen molar-refractivity contribution >= 4 is 5.69 Å². The second kappa shape index (κ2) is 9.05. The van der Waals surface area contributed by atoms with Crippen LogP contribution < -0.4 is 10.5 Å². The molecule has 3 heteroatoms. The van der Waals surface area contributed by atoms with Gasteiger partial charge in [0.15, 0.2) is 0 Å². The molecule has 2 N–H and O–H groups in total. The van der Waals surface area contributed by atoms with E-state index in [0.717, 1.165) is 11.3 Å². The molecule has 1 heterocycles. The van der Waals surface area contributed by atoms with Crippen molar-refractivity contribution in [1.29, 1.82) is 0 Å². The quantitative estimate of drug-likeness (QED) is 0.642. The van der Waals surface area contributed by atoms with E-state index >= 15 is 0 Å². The first-order valence-electron chi connectivity index (χ1n) is 6.01. The van der Waals surface area contributed by atoms with Crippen molar-refractivity contribution in [3.8, 4) is 5.75 Å². The molecule has 0 spiro atoms. The minimum Gasteiger partial charge on any atom is -0.456 e. The van der Waals surface area contributed by atoms with Crippen molar-refractivity contribution < 1.29 is 4.74 Å². The minimum atomic E-state index is 0.581. The normalized spacial score (nSPS) is 11.3. The van der Waals surface area contributed by atoms with E-state index in [0.29, 0.717) is 11.4 Å². The van der Waals surface area contributed by atoms with E-state index in [2.05, 4.69) is 11.6 Å². The molecule has 1 aromatic rings. The van der Waals surface area contributed by atoms with Crippen molar-refractivity contribution in [3.63, 3.8) is 0 Å². The lowest BCUT2D eigenvalue weighted by Crippen LogP contribution is -1.95. The maximum atomic E-state index is 5.61. The Morgan fingerprint density at radius 1 is 1.39 bits per heavy atom. The molecule has 0 aromatic carbocycles. The standard InChI is InChI=1S/C13H16N2O.C2H6/c1-4-10(3)6-12(5-2)16-13-7-11(14)8-15-9-13;1-2/h4-9H,1,14H2,2-3H3;1-2H3/b10-6-,12-5+;. The van der Waals surface area contributed by atoms with Crippen LogP contribution in [0.5, 0.6) is 5.75 Å². The van der Waals surface area contributed by atoms with E-state index in [1.54, 1.807) is 24.5 Å². The molecule has 0 aliphatic heterocycles. The Kier molecular flexibility index (Phi) is 8.03. The lowest BCUT2D eigenvalue weighted by atomic mass is 10.2. The Balaban J connectivity index is 0.00000137. The van der Waals surface area contributed by atoms with Crippen molar-refractivity contribution in [2.45, 2.75) is 27.7 Å². The molecule has 0 radical (unpaired) electrons. The molecule has 0 aliphatic carbocycles. The average molecular weight is 246 g/mol. The van der Waals surface area contributed by atoms with Crippen molar-refractivity contribution in [3.05, 3.63) is 54.6 Å². The number of allylic oxidation sites excluding steroid dienone is 4. The van der Waals surface area contributed by atoms with Crippen LogP contribution in [0.3, 0.4) is 0 Å². The summed E-state index contributed by atoms with van der Waals surface area (Å²) in [6.07, 6.45) is 8.74. The average Bonchev–Trinajstić information content (AvgIpc) is 2.40. The largest absolute Gasteiger partial charge is 0.456 e. The highest BCUT2D eigenvalue weighted by Crippen LogP contribution is 2.16. The maximum Gasteiger partial charge on any atom is 0.147 e. The van der Waals surface area contributed by atoms with E-state index in [1.807, 2.05) is 39.8 Å². The summed E-state index contributed by atoms with van der Waals surface area (Å²) in [5, 5.41) is 0. The van der Waals surface area contributed by atoms with Gasteiger partial charge in [-0.05, 0) is 31.6 Å². The highest BCUT2D eigenvalue weighted by Gasteiger charge is 1.98. The lowest BCUT2D eigenvalue weighted by Gasteiger charge is -2.06. The number of hydrogen-bond acceptors (Lipinski definition) is 3. The topological polar surface area (TPSA) is 48.1 Å². The summed E-state index contributed by atoms with van der Waals surface area (Å²) in [5.41, 5.74) is 7.22. The van der Waals surface area contributed by atoms with Crippen LogP contribution in [0.1, 0.15) is 27.7 Å². The molecule has 0 aliphatic rings. The van der Waals surface area contributed by atoms with E-state index < -0.39 is 0 Å². The number of pyridine rings is 1. The molecule has 0 amide bonds. The SMILES string of the molecule is C=C/C(C)=C\C(=C/C)Oc1cncc(N)c1.CC. The van der Waals surface area contributed by atoms with Gasteiger partial charge in [-0.15, -0.1) is 0 Å². The van der Waals surface area contributed by atoms with E-state index in [4.69, 9.17) is 10.5 Å². The van der Waals surface area contributed by atoms with Gasteiger partial charge in [0, 0.05) is 6.07 Å². The third kappa shape index (κ3) is 5.89. The van der Waals surface area contributed by atoms with Crippen LogP contribution in [-0.2, 0) is 0 Å². The second-order valence-corrected chi connectivity index (χ2v) is 3.34. The smallest absolute Gasteiger partial charge is 0.147 e. The first-order valence-corrected chi connectivity index (χ1v) is 6.01. The van der Waals surface area contributed by atoms with Gasteiger partial charge in [0.1, 0.15) is 11.5 Å². The van der Waals surface area contributed by atoms with Crippen LogP contribution in [0.4, 0.5) is 5.69 Å². The van der Waals surface area contributed by atoms with E-state index in [-0.39, 0.29) is 0 Å². The Hall–Kier alpha value is -2.03. The summed E-state index contributed by atoms with van der Waals surface area (Å²) < 4.78 is 5.61. The number of ether oxygens (including phenoxy) is 1. The van der Waals surface area contributed by atoms with Crippen LogP contribution in [0, 0.1) is 0 Å². The Labute approximate surface area is 110 Å². The molecule has 18 heavy (non-hydrogen) atoms. The van der Waals surface area contributed by atoms with Gasteiger partial charge in [-0.3, -0.25) is 4.98 Å². The van der Waals surface area contributed by atoms with Crippen LogP contribution in [0.2, 0.25) is 0 Å². The molecule has 0 bridgehead atoms. The molecule has 0 fully saturated rings. The number of hydrogen-bond donors (Lipinski definition) is 1. The molecular formula is C15H22N2O. The van der Waals surface area contributed by atoms with Crippen LogP contribution in [-0.4, -0.2) is 4.98 Å². The fourth-order valence-electron chi connectivity index (χ4n) is 1.08. The number of nitrogens with two attached hydrogens (primary N) is 1. The van der Waals surface area contributed by atoms with Gasteiger partial charge in [0.2, 0.25) is 0 Å². The van der Waals surface area contributed by atoms with Crippen LogP contribution in [0.15, 0.2) is 54.6 Å². The summed E-state index contributed by atoms with van der Waals surface area (Å²) in [4.78, 5) is 3.95. The number of nitrogens with zero attached hydrogens (tertiary/aromatic N) is 1. The summed E-state index contributed by atoms with van der Waals surface area (Å²) in [7, 11) is 0. The molecule has 0 saturated heterocycles. The predicted molar refractivity (Wildman–Crippen MR) is 78.3 cm³/mol. The second-order valence-electron chi connectivity index (χ2n) is 3.34. The van der Waals surface area contributed by atoms with Crippen molar-refractivity contribution in [2.75, 3.05) is 5.73 Å². The summed E-state index contributed by atoms with van der Waals surface area (Å²) in [6.45, 7) is 11.5. The minimum absolute atomic E-state index is 0.581. The van der Waals surface area contributed by atoms with Crippen LogP contribution >= 0.6 is 0 Å². The molecule has 1 rings (SSSR count). The Morgan fingerprint density at radius 2 is 2.06 bits per heavy atom. The highest BCUT2D eigenvalue weighted by molar-refractivity contribution is 5.41. The third-order valence-electron chi connectivity index (χ3n) is 1.95. The number of nitrogen functional groups attached to an aromatic ring is 1. The lowest BCUT2D eigenvalue weighted by molar-refractivity contribution is 0.441. The molecule has 0 unspecified atom stereocenters. The summed E-state index contributed by atoms with van der Waals surface area (Å²) >= 11 is 0. The molecule has 3 nitrogen and oxygen atoms in total. The number of rotatable bonds is 4. The zero-order valence-electron chi connectivity index (χ0n) is 11.6. The highest BCUT2D eigenvalue weighted by atomic mass is 16.5. The zero-order valence-corrected chi connectivity index (χ0v) is 11.6. The Bertz CT molecular complexity index is 434. The van der Waals surface area contributed by atoms with Crippen molar-refractivity contribution in [2.24, 2.45) is 0 Å². The predicted octanol–water partition coefficient (Wildman–Crippen LogP) is 4.10. The maximum absolute atomic E-state index is 5.61. The summed E-state index contributed by atoms with van der Waals surface area (Å²) in [5.74, 6) is 1.37. The van der Waals surface area contributed by atoms with Crippen LogP contribution in [0.25, 0.3) is 0 Å². The molecule has 98 valence electrons. The first-order chi connectivity index (χ1) is 8.65. The van der Waals surface area contributed by atoms with Gasteiger partial charge in [-0.25, -0.2) is 0 Å². The fourth-order valence-corrected chi connectivity index (χ4v) is 1.08. The van der Waals surface area contributed by atoms with Gasteiger partial charge >= 0.3 is 0 Å². The van der Waals surface area contributed by atoms with E-state index in [9.17, 15) is 0 Å². The van der Waals surface area contributed by atoms with Crippen molar-refractivity contribution in [1.82, 2.24) is 4.98 Å². The summed E-state index contributed by atoms with van der Waals surface area (Å²) in [6, 6.07) is 1.73. The molecule has 0 saturated carbocycles. The Morgan fingerprint density at radius 3 is 2.56 bits per heavy atom. The third-order valence-corrected chi connectivity index (χ3v) is 1.95. The van der Waals surface area contributed by atoms with Gasteiger partial charge < -0.3 is 10.5 Å². The monoisotopic (exact) mass is 246 g/mol.